The van der Waals surface area contributed by atoms with Crippen molar-refractivity contribution in [3.05, 3.63) is 59.4 Å². The molecule has 1 unspecified atom stereocenters. The molecule has 6 heteroatoms. The fraction of sp³-hybridized carbons (Fsp3) is 0.364. The van der Waals surface area contributed by atoms with E-state index in [1.165, 1.54) is 37.1 Å². The first kappa shape index (κ1) is 18.5. The van der Waals surface area contributed by atoms with E-state index in [0.717, 1.165) is 12.1 Å². The highest BCUT2D eigenvalue weighted by Gasteiger charge is 2.33. The highest BCUT2D eigenvalue weighted by molar-refractivity contribution is 6.04. The van der Waals surface area contributed by atoms with E-state index < -0.39 is 6.10 Å². The molecule has 28 heavy (non-hydrogen) atoms. The van der Waals surface area contributed by atoms with Crippen molar-refractivity contribution in [2.75, 3.05) is 11.9 Å². The Labute approximate surface area is 163 Å². The summed E-state index contributed by atoms with van der Waals surface area (Å²) in [5.41, 5.74) is 1.87. The summed E-state index contributed by atoms with van der Waals surface area (Å²) in [5.74, 6) is 0.599. The summed E-state index contributed by atoms with van der Waals surface area (Å²) in [6.07, 6.45) is 2.48. The normalized spacial score (nSPS) is 18.9. The van der Waals surface area contributed by atoms with Gasteiger partial charge in [-0.3, -0.25) is 9.59 Å². The maximum atomic E-state index is 13.1. The van der Waals surface area contributed by atoms with Crippen molar-refractivity contribution in [3.63, 3.8) is 0 Å². The van der Waals surface area contributed by atoms with Crippen LogP contribution in [0.15, 0.2) is 42.5 Å². The van der Waals surface area contributed by atoms with E-state index in [0.29, 0.717) is 35.9 Å². The van der Waals surface area contributed by atoms with Gasteiger partial charge in [0, 0.05) is 29.9 Å². The maximum Gasteiger partial charge on any atom is 0.263 e. The van der Waals surface area contributed by atoms with Crippen LogP contribution in [0.3, 0.4) is 0 Å². The second kappa shape index (κ2) is 7.62. The quantitative estimate of drug-likeness (QED) is 0.851. The molecule has 5 nitrogen and oxygen atoms in total. The molecule has 1 aliphatic heterocycles. The molecule has 1 N–H and O–H groups in total. The summed E-state index contributed by atoms with van der Waals surface area (Å²) in [5, 5.41) is 2.83. The molecule has 0 saturated heterocycles. The molecular weight excluding hydrogens is 359 g/mol. The van der Waals surface area contributed by atoms with Gasteiger partial charge in [-0.2, -0.15) is 0 Å². The number of anilines is 1. The average Bonchev–Trinajstić information content (AvgIpc) is 3.51. The first-order chi connectivity index (χ1) is 13.5. The molecule has 1 aliphatic carbocycles. The van der Waals surface area contributed by atoms with Gasteiger partial charge in [0.2, 0.25) is 0 Å². The van der Waals surface area contributed by atoms with Crippen LogP contribution in [-0.2, 0) is 11.3 Å². The van der Waals surface area contributed by atoms with Crippen LogP contribution in [0, 0.1) is 11.7 Å². The lowest BCUT2D eigenvalue weighted by molar-refractivity contribution is -0.138. The number of carbonyl (C=O) groups excluding carboxylic acids is 2. The number of ether oxygens (including phenoxy) is 1. The van der Waals surface area contributed by atoms with E-state index in [1.807, 2.05) is 17.9 Å². The predicted octanol–water partition coefficient (Wildman–Crippen LogP) is 3.99. The van der Waals surface area contributed by atoms with Crippen molar-refractivity contribution in [2.45, 2.75) is 38.8 Å². The van der Waals surface area contributed by atoms with Gasteiger partial charge in [0.05, 0.1) is 0 Å². The zero-order valence-electron chi connectivity index (χ0n) is 15.8. The van der Waals surface area contributed by atoms with Crippen LogP contribution < -0.4 is 10.1 Å². The fourth-order valence-electron chi connectivity index (χ4n) is 3.42. The van der Waals surface area contributed by atoms with E-state index in [9.17, 15) is 14.0 Å². The zero-order valence-corrected chi connectivity index (χ0v) is 15.8. The molecule has 1 saturated carbocycles. The topological polar surface area (TPSA) is 58.6 Å². The van der Waals surface area contributed by atoms with Crippen LogP contribution in [0.25, 0.3) is 0 Å². The summed E-state index contributed by atoms with van der Waals surface area (Å²) < 4.78 is 19.0. The second-order valence-electron chi connectivity index (χ2n) is 7.46. The zero-order chi connectivity index (χ0) is 19.7. The van der Waals surface area contributed by atoms with Gasteiger partial charge in [-0.25, -0.2) is 4.39 Å². The molecule has 4 rings (SSSR count). The molecule has 0 bridgehead atoms. The van der Waals surface area contributed by atoms with E-state index in [1.54, 1.807) is 12.1 Å². The Morgan fingerprint density at radius 2 is 1.96 bits per heavy atom. The smallest absolute Gasteiger partial charge is 0.263 e. The number of rotatable bonds is 5. The van der Waals surface area contributed by atoms with Gasteiger partial charge in [0.1, 0.15) is 11.6 Å². The first-order valence-corrected chi connectivity index (χ1v) is 9.68. The molecule has 0 spiro atoms. The summed E-state index contributed by atoms with van der Waals surface area (Å²) >= 11 is 0. The Balaban J connectivity index is 1.55. The lowest BCUT2D eigenvalue weighted by Crippen LogP contribution is -2.40. The number of amides is 2. The molecule has 146 valence electrons. The molecule has 2 aromatic rings. The number of fused-ring (bicyclic) bond motifs is 1. The van der Waals surface area contributed by atoms with E-state index >= 15 is 0 Å². The van der Waals surface area contributed by atoms with Gasteiger partial charge in [-0.15, -0.1) is 0 Å². The summed E-state index contributed by atoms with van der Waals surface area (Å²) in [7, 11) is 0. The van der Waals surface area contributed by atoms with Crippen molar-refractivity contribution in [2.24, 2.45) is 5.92 Å². The summed E-state index contributed by atoms with van der Waals surface area (Å²) in [4.78, 5) is 27.1. The maximum absolute atomic E-state index is 13.1. The Morgan fingerprint density at radius 3 is 2.64 bits per heavy atom. The Morgan fingerprint density at radius 1 is 1.21 bits per heavy atom. The van der Waals surface area contributed by atoms with Crippen LogP contribution in [0.2, 0.25) is 0 Å². The van der Waals surface area contributed by atoms with Gasteiger partial charge < -0.3 is 15.0 Å². The Kier molecular flexibility index (Phi) is 5.03. The molecule has 2 aromatic carbocycles. The van der Waals surface area contributed by atoms with Gasteiger partial charge >= 0.3 is 0 Å². The van der Waals surface area contributed by atoms with Crippen LogP contribution in [0.5, 0.6) is 5.75 Å². The number of nitrogens with one attached hydrogen (secondary N) is 1. The van der Waals surface area contributed by atoms with Gasteiger partial charge in [0.15, 0.2) is 6.10 Å². The molecule has 2 aliphatic rings. The first-order valence-electron chi connectivity index (χ1n) is 9.68. The molecule has 0 radical (unpaired) electrons. The molecule has 1 atom stereocenters. The van der Waals surface area contributed by atoms with E-state index in [-0.39, 0.29) is 17.6 Å². The van der Waals surface area contributed by atoms with Crippen molar-refractivity contribution >= 4 is 17.5 Å². The van der Waals surface area contributed by atoms with E-state index in [4.69, 9.17) is 4.74 Å². The molecule has 2 amide bonds. The monoisotopic (exact) mass is 382 g/mol. The third-order valence-electron chi connectivity index (χ3n) is 5.19. The summed E-state index contributed by atoms with van der Waals surface area (Å²) in [6.45, 7) is 3.17. The van der Waals surface area contributed by atoms with Crippen molar-refractivity contribution in [1.29, 1.82) is 0 Å². The largest absolute Gasteiger partial charge is 0.480 e. The molecule has 0 aromatic heterocycles. The Hall–Kier alpha value is -2.89. The lowest BCUT2D eigenvalue weighted by atomic mass is 10.1. The highest BCUT2D eigenvalue weighted by Crippen LogP contribution is 2.34. The minimum Gasteiger partial charge on any atom is -0.480 e. The standard InChI is InChI=1S/C22H23FN2O3/c1-2-19-22(27)25(12-14-3-4-14)13-16-11-18(9-10-20(16)28-19)24-21(26)15-5-7-17(23)8-6-15/h5-11,14,19H,2-4,12-13H2,1H3,(H,24,26). The SMILES string of the molecule is CCC1Oc2ccc(NC(=O)c3ccc(F)cc3)cc2CN(CC2CC2)C1=O. The van der Waals surface area contributed by atoms with Crippen molar-refractivity contribution in [1.82, 2.24) is 4.90 Å². The van der Waals surface area contributed by atoms with Gasteiger partial charge in [0.25, 0.3) is 11.8 Å². The third-order valence-corrected chi connectivity index (χ3v) is 5.19. The molecule has 1 heterocycles. The number of nitrogens with zero attached hydrogens (tertiary/aromatic N) is 1. The summed E-state index contributed by atoms with van der Waals surface area (Å²) in [6, 6.07) is 10.8. The van der Waals surface area contributed by atoms with Crippen molar-refractivity contribution in [3.8, 4) is 5.75 Å². The van der Waals surface area contributed by atoms with Crippen LogP contribution in [0.4, 0.5) is 10.1 Å². The minimum absolute atomic E-state index is 0.0301. The third kappa shape index (κ3) is 4.01. The number of halogens is 1. The van der Waals surface area contributed by atoms with Gasteiger partial charge in [-0.05, 0) is 67.6 Å². The highest BCUT2D eigenvalue weighted by atomic mass is 19.1. The van der Waals surface area contributed by atoms with Crippen LogP contribution >= 0.6 is 0 Å². The Bertz CT molecular complexity index is 893. The van der Waals surface area contributed by atoms with Crippen molar-refractivity contribution < 1.29 is 18.7 Å². The lowest BCUT2D eigenvalue weighted by Gasteiger charge is -2.23. The number of carbonyl (C=O) groups is 2. The number of benzene rings is 2. The molecular formula is C22H23FN2O3. The van der Waals surface area contributed by atoms with Gasteiger partial charge in [-0.1, -0.05) is 6.92 Å². The number of hydrogen-bond donors (Lipinski definition) is 1. The van der Waals surface area contributed by atoms with Crippen LogP contribution in [0.1, 0.15) is 42.1 Å². The predicted molar refractivity (Wildman–Crippen MR) is 104 cm³/mol. The average molecular weight is 382 g/mol. The molecule has 1 fully saturated rings. The fourth-order valence-corrected chi connectivity index (χ4v) is 3.42. The van der Waals surface area contributed by atoms with Crippen LogP contribution in [-0.4, -0.2) is 29.4 Å². The van der Waals surface area contributed by atoms with E-state index in [2.05, 4.69) is 5.32 Å². The number of hydrogen-bond acceptors (Lipinski definition) is 3. The minimum atomic E-state index is -0.473. The second-order valence-corrected chi connectivity index (χ2v) is 7.46.